The minimum absolute atomic E-state index is 0.723. The normalized spacial score (nSPS) is 10.6. The molecule has 6 heteroatoms. The van der Waals surface area contributed by atoms with E-state index in [1.165, 1.54) is 0 Å². The summed E-state index contributed by atoms with van der Waals surface area (Å²) in [5.41, 5.74) is 0.848. The first-order valence-corrected chi connectivity index (χ1v) is 6.77. The lowest BCUT2D eigenvalue weighted by Crippen LogP contribution is -1.94. The van der Waals surface area contributed by atoms with Crippen LogP contribution in [-0.4, -0.2) is 25.7 Å². The third kappa shape index (κ3) is 2.19. The van der Waals surface area contributed by atoms with Crippen LogP contribution in [0.15, 0.2) is 10.5 Å². The number of aromatic nitrogens is 1. The second-order valence-electron chi connectivity index (χ2n) is 3.32. The maximum absolute atomic E-state index is 5.33. The Kier molecular flexibility index (Phi) is 3.73. The molecular formula is C11H13BrN2O2S. The summed E-state index contributed by atoms with van der Waals surface area (Å²) in [5.74, 6) is 1.47. The molecule has 2 aromatic rings. The van der Waals surface area contributed by atoms with Crippen molar-refractivity contribution in [2.45, 2.75) is 6.92 Å². The molecule has 0 amide bonds. The van der Waals surface area contributed by atoms with Gasteiger partial charge < -0.3 is 14.8 Å². The third-order valence-electron chi connectivity index (χ3n) is 2.31. The molecule has 0 aliphatic carbocycles. The minimum atomic E-state index is 0.723. The van der Waals surface area contributed by atoms with Crippen molar-refractivity contribution in [2.24, 2.45) is 0 Å². The average molecular weight is 317 g/mol. The van der Waals surface area contributed by atoms with Gasteiger partial charge in [0.1, 0.15) is 17.0 Å². The van der Waals surface area contributed by atoms with E-state index in [1.807, 2.05) is 13.0 Å². The van der Waals surface area contributed by atoms with Crippen LogP contribution in [0.4, 0.5) is 5.13 Å². The highest BCUT2D eigenvalue weighted by molar-refractivity contribution is 9.10. The molecule has 4 nitrogen and oxygen atoms in total. The van der Waals surface area contributed by atoms with Gasteiger partial charge in [-0.3, -0.25) is 0 Å². The number of anilines is 1. The molecular weight excluding hydrogens is 304 g/mol. The summed E-state index contributed by atoms with van der Waals surface area (Å²) in [4.78, 5) is 4.51. The number of methoxy groups -OCH3 is 2. The highest BCUT2D eigenvalue weighted by Crippen LogP contribution is 2.43. The van der Waals surface area contributed by atoms with Crippen molar-refractivity contribution in [2.75, 3.05) is 26.1 Å². The Hall–Kier alpha value is -1.01. The van der Waals surface area contributed by atoms with Gasteiger partial charge in [-0.15, -0.1) is 0 Å². The fraction of sp³-hybridized carbons (Fsp3) is 0.364. The molecule has 0 atom stereocenters. The standard InChI is InChI=1S/C11H13BrN2O2S/c1-4-13-11-14-9-7(16-3)5-6(15-2)8(12)10(9)17-11/h5H,4H2,1-3H3,(H,13,14). The van der Waals surface area contributed by atoms with E-state index in [0.29, 0.717) is 0 Å². The fourth-order valence-corrected chi connectivity index (χ4v) is 3.22. The maximum atomic E-state index is 5.33. The molecule has 0 unspecified atom stereocenters. The van der Waals surface area contributed by atoms with E-state index >= 15 is 0 Å². The first-order valence-electron chi connectivity index (χ1n) is 5.16. The van der Waals surface area contributed by atoms with Gasteiger partial charge in [-0.05, 0) is 22.9 Å². The highest BCUT2D eigenvalue weighted by Gasteiger charge is 2.16. The number of nitrogens with one attached hydrogen (secondary N) is 1. The summed E-state index contributed by atoms with van der Waals surface area (Å²) in [6.07, 6.45) is 0. The zero-order chi connectivity index (χ0) is 12.4. The summed E-state index contributed by atoms with van der Waals surface area (Å²) >= 11 is 5.11. The van der Waals surface area contributed by atoms with Crippen LogP contribution in [-0.2, 0) is 0 Å². The summed E-state index contributed by atoms with van der Waals surface area (Å²) in [6.45, 7) is 2.88. The Morgan fingerprint density at radius 3 is 2.65 bits per heavy atom. The van der Waals surface area contributed by atoms with E-state index in [0.717, 1.165) is 37.9 Å². The lowest BCUT2D eigenvalue weighted by molar-refractivity contribution is 0.396. The molecule has 0 fully saturated rings. The predicted octanol–water partition coefficient (Wildman–Crippen LogP) is 3.51. The van der Waals surface area contributed by atoms with Gasteiger partial charge in [0.15, 0.2) is 5.13 Å². The molecule has 0 saturated heterocycles. The van der Waals surface area contributed by atoms with Crippen molar-refractivity contribution >= 4 is 42.6 Å². The Labute approximate surface area is 112 Å². The maximum Gasteiger partial charge on any atom is 0.183 e. The summed E-state index contributed by atoms with van der Waals surface area (Å²) in [7, 11) is 3.27. The summed E-state index contributed by atoms with van der Waals surface area (Å²) < 4.78 is 12.6. The van der Waals surface area contributed by atoms with E-state index in [-0.39, 0.29) is 0 Å². The first kappa shape index (κ1) is 12.4. The molecule has 1 N–H and O–H groups in total. The highest BCUT2D eigenvalue weighted by atomic mass is 79.9. The van der Waals surface area contributed by atoms with E-state index in [4.69, 9.17) is 9.47 Å². The molecule has 0 aliphatic rings. The molecule has 0 radical (unpaired) electrons. The number of thiazole rings is 1. The number of fused-ring (bicyclic) bond motifs is 1. The summed E-state index contributed by atoms with van der Waals surface area (Å²) in [5, 5.41) is 4.09. The third-order valence-corrected chi connectivity index (χ3v) is 4.39. The molecule has 92 valence electrons. The van der Waals surface area contributed by atoms with E-state index in [1.54, 1.807) is 25.6 Å². The van der Waals surface area contributed by atoms with Crippen molar-refractivity contribution < 1.29 is 9.47 Å². The number of hydrogen-bond acceptors (Lipinski definition) is 5. The molecule has 2 rings (SSSR count). The van der Waals surface area contributed by atoms with Crippen LogP contribution in [0.1, 0.15) is 6.92 Å². The Bertz CT molecular complexity index is 542. The minimum Gasteiger partial charge on any atom is -0.495 e. The van der Waals surface area contributed by atoms with Crippen molar-refractivity contribution in [3.05, 3.63) is 10.5 Å². The molecule has 0 bridgehead atoms. The van der Waals surface area contributed by atoms with Crippen molar-refractivity contribution in [1.29, 1.82) is 0 Å². The summed E-state index contributed by atoms with van der Waals surface area (Å²) in [6, 6.07) is 1.84. The second kappa shape index (κ2) is 5.10. The van der Waals surface area contributed by atoms with Crippen LogP contribution in [0.25, 0.3) is 10.2 Å². The van der Waals surface area contributed by atoms with E-state index in [9.17, 15) is 0 Å². The lowest BCUT2D eigenvalue weighted by Gasteiger charge is -2.07. The van der Waals surface area contributed by atoms with Crippen molar-refractivity contribution in [3.8, 4) is 11.5 Å². The predicted molar refractivity (Wildman–Crippen MR) is 74.6 cm³/mol. The number of rotatable bonds is 4. The number of nitrogens with zero attached hydrogens (tertiary/aromatic N) is 1. The zero-order valence-corrected chi connectivity index (χ0v) is 12.2. The molecule has 0 aliphatic heterocycles. The van der Waals surface area contributed by atoms with Gasteiger partial charge >= 0.3 is 0 Å². The molecule has 1 aromatic heterocycles. The van der Waals surface area contributed by atoms with Crippen LogP contribution in [0, 0.1) is 0 Å². The van der Waals surface area contributed by atoms with Crippen LogP contribution in [0.2, 0.25) is 0 Å². The molecule has 0 saturated carbocycles. The fourth-order valence-electron chi connectivity index (χ4n) is 1.53. The average Bonchev–Trinajstić information content (AvgIpc) is 2.75. The van der Waals surface area contributed by atoms with Crippen LogP contribution in [0.3, 0.4) is 0 Å². The van der Waals surface area contributed by atoms with E-state index in [2.05, 4.69) is 26.2 Å². The van der Waals surface area contributed by atoms with Crippen LogP contribution >= 0.6 is 27.3 Å². The van der Waals surface area contributed by atoms with Gasteiger partial charge in [-0.1, -0.05) is 11.3 Å². The molecule has 17 heavy (non-hydrogen) atoms. The Morgan fingerprint density at radius 1 is 1.35 bits per heavy atom. The van der Waals surface area contributed by atoms with Gasteiger partial charge in [-0.25, -0.2) is 4.98 Å². The number of benzene rings is 1. The van der Waals surface area contributed by atoms with Gasteiger partial charge in [0.2, 0.25) is 0 Å². The molecule has 0 spiro atoms. The van der Waals surface area contributed by atoms with Gasteiger partial charge in [0.05, 0.1) is 23.4 Å². The monoisotopic (exact) mass is 316 g/mol. The van der Waals surface area contributed by atoms with Gasteiger partial charge in [-0.2, -0.15) is 0 Å². The lowest BCUT2D eigenvalue weighted by atomic mass is 10.3. The number of hydrogen-bond donors (Lipinski definition) is 1. The largest absolute Gasteiger partial charge is 0.495 e. The topological polar surface area (TPSA) is 43.4 Å². The Balaban J connectivity index is 2.67. The zero-order valence-electron chi connectivity index (χ0n) is 9.83. The quantitative estimate of drug-likeness (QED) is 0.937. The number of ether oxygens (including phenoxy) is 2. The Morgan fingerprint density at radius 2 is 2.06 bits per heavy atom. The smallest absolute Gasteiger partial charge is 0.183 e. The SMILES string of the molecule is CCNc1nc2c(OC)cc(OC)c(Br)c2s1. The van der Waals surface area contributed by atoms with Gasteiger partial charge in [0, 0.05) is 12.6 Å². The van der Waals surface area contributed by atoms with Gasteiger partial charge in [0.25, 0.3) is 0 Å². The molecule has 1 aromatic carbocycles. The van der Waals surface area contributed by atoms with Crippen molar-refractivity contribution in [1.82, 2.24) is 4.98 Å². The molecule has 1 heterocycles. The second-order valence-corrected chi connectivity index (χ2v) is 5.11. The van der Waals surface area contributed by atoms with Crippen molar-refractivity contribution in [3.63, 3.8) is 0 Å². The van der Waals surface area contributed by atoms with E-state index < -0.39 is 0 Å². The van der Waals surface area contributed by atoms with Crippen LogP contribution < -0.4 is 14.8 Å². The van der Waals surface area contributed by atoms with Crippen LogP contribution in [0.5, 0.6) is 11.5 Å². The first-order chi connectivity index (χ1) is 8.21. The number of halogens is 1.